The number of methoxy groups -OCH3 is 1. The zero-order chi connectivity index (χ0) is 17.9. The number of guanidine groups is 1. The van der Waals surface area contributed by atoms with E-state index in [-0.39, 0.29) is 30.0 Å². The highest BCUT2D eigenvalue weighted by Gasteiger charge is 2.05. The first-order chi connectivity index (χ1) is 12.2. The van der Waals surface area contributed by atoms with E-state index in [1.807, 2.05) is 36.4 Å². The van der Waals surface area contributed by atoms with Gasteiger partial charge < -0.3 is 20.1 Å². The molecule has 0 heterocycles. The molecule has 0 aliphatic heterocycles. The summed E-state index contributed by atoms with van der Waals surface area (Å²) < 4.78 is 10.9. The van der Waals surface area contributed by atoms with Crippen LogP contribution in [0, 0.1) is 0 Å². The van der Waals surface area contributed by atoms with Crippen molar-refractivity contribution in [2.75, 3.05) is 20.8 Å². The Bertz CT molecular complexity index is 665. The predicted octanol–water partition coefficient (Wildman–Crippen LogP) is 3.58. The number of ether oxygens (including phenoxy) is 2. The number of aliphatic imine (C=N–C) groups is 1. The van der Waals surface area contributed by atoms with E-state index in [0.717, 1.165) is 17.3 Å². The zero-order valence-electron chi connectivity index (χ0n) is 15.6. The van der Waals surface area contributed by atoms with Crippen LogP contribution in [0.2, 0.25) is 0 Å². The molecule has 1 unspecified atom stereocenters. The Kier molecular flexibility index (Phi) is 10.7. The molecule has 0 spiro atoms. The van der Waals surface area contributed by atoms with Crippen molar-refractivity contribution in [2.45, 2.75) is 26.1 Å². The van der Waals surface area contributed by atoms with Gasteiger partial charge in [0.25, 0.3) is 0 Å². The first-order valence-corrected chi connectivity index (χ1v) is 8.43. The second-order valence-electron chi connectivity index (χ2n) is 5.85. The molecule has 0 aliphatic rings. The molecule has 0 saturated heterocycles. The van der Waals surface area contributed by atoms with Gasteiger partial charge in [-0.3, -0.25) is 4.99 Å². The second-order valence-corrected chi connectivity index (χ2v) is 5.85. The lowest BCUT2D eigenvalue weighted by atomic mass is 10.1. The van der Waals surface area contributed by atoms with E-state index in [0.29, 0.717) is 19.8 Å². The molecule has 2 aromatic carbocycles. The summed E-state index contributed by atoms with van der Waals surface area (Å²) in [4.78, 5) is 4.24. The van der Waals surface area contributed by atoms with Gasteiger partial charge in [0.15, 0.2) is 5.96 Å². The Balaban J connectivity index is 0.00000338. The van der Waals surface area contributed by atoms with Crippen LogP contribution >= 0.6 is 24.0 Å². The van der Waals surface area contributed by atoms with Crippen LogP contribution in [-0.4, -0.2) is 32.8 Å². The summed E-state index contributed by atoms with van der Waals surface area (Å²) in [5.74, 6) is 1.64. The minimum absolute atomic E-state index is 0. The van der Waals surface area contributed by atoms with Crippen LogP contribution in [0.4, 0.5) is 0 Å². The Morgan fingerprint density at radius 3 is 2.50 bits per heavy atom. The molecule has 26 heavy (non-hydrogen) atoms. The maximum atomic E-state index is 5.80. The zero-order valence-corrected chi connectivity index (χ0v) is 17.9. The van der Waals surface area contributed by atoms with Gasteiger partial charge in [0, 0.05) is 26.7 Å². The molecule has 0 fully saturated rings. The number of para-hydroxylation sites is 1. The highest BCUT2D eigenvalue weighted by molar-refractivity contribution is 14.0. The summed E-state index contributed by atoms with van der Waals surface area (Å²) in [6, 6.07) is 18.4. The minimum Gasteiger partial charge on any atom is -0.489 e. The molecule has 0 radical (unpaired) electrons. The van der Waals surface area contributed by atoms with Crippen molar-refractivity contribution < 1.29 is 9.47 Å². The van der Waals surface area contributed by atoms with Gasteiger partial charge in [-0.2, -0.15) is 0 Å². The van der Waals surface area contributed by atoms with Crippen molar-refractivity contribution in [3.05, 3.63) is 65.7 Å². The van der Waals surface area contributed by atoms with Gasteiger partial charge in [-0.15, -0.1) is 24.0 Å². The molecular formula is C20H28IN3O2. The van der Waals surface area contributed by atoms with E-state index in [1.165, 1.54) is 5.56 Å². The third-order valence-electron chi connectivity index (χ3n) is 3.62. The lowest BCUT2D eigenvalue weighted by Crippen LogP contribution is -2.43. The number of hydrogen-bond donors (Lipinski definition) is 2. The number of nitrogens with one attached hydrogen (secondary N) is 2. The highest BCUT2D eigenvalue weighted by atomic mass is 127. The predicted molar refractivity (Wildman–Crippen MR) is 117 cm³/mol. The van der Waals surface area contributed by atoms with Gasteiger partial charge in [0.1, 0.15) is 12.4 Å². The third-order valence-corrected chi connectivity index (χ3v) is 3.62. The molecule has 0 aromatic heterocycles. The SMILES string of the molecule is CN=C(NCc1cccc(COc2ccccc2)c1)NC(C)COC.I. The largest absolute Gasteiger partial charge is 0.489 e. The molecule has 142 valence electrons. The molecule has 2 N–H and O–H groups in total. The van der Waals surface area contributed by atoms with Crippen LogP contribution in [-0.2, 0) is 17.9 Å². The van der Waals surface area contributed by atoms with Crippen molar-refractivity contribution in [3.8, 4) is 5.75 Å². The number of hydrogen-bond acceptors (Lipinski definition) is 3. The maximum Gasteiger partial charge on any atom is 0.191 e. The number of halogens is 1. The Labute approximate surface area is 173 Å². The van der Waals surface area contributed by atoms with Gasteiger partial charge in [0.05, 0.1) is 6.61 Å². The van der Waals surface area contributed by atoms with Crippen molar-refractivity contribution in [1.82, 2.24) is 10.6 Å². The molecular weight excluding hydrogens is 441 g/mol. The summed E-state index contributed by atoms with van der Waals surface area (Å²) in [5.41, 5.74) is 2.32. The molecule has 2 rings (SSSR count). The monoisotopic (exact) mass is 469 g/mol. The van der Waals surface area contributed by atoms with Crippen molar-refractivity contribution in [3.63, 3.8) is 0 Å². The van der Waals surface area contributed by atoms with E-state index in [9.17, 15) is 0 Å². The van der Waals surface area contributed by atoms with Crippen LogP contribution in [0.5, 0.6) is 5.75 Å². The number of rotatable bonds is 8. The fourth-order valence-corrected chi connectivity index (χ4v) is 2.42. The summed E-state index contributed by atoms with van der Waals surface area (Å²) in [7, 11) is 3.45. The smallest absolute Gasteiger partial charge is 0.191 e. The summed E-state index contributed by atoms with van der Waals surface area (Å²) in [5, 5.41) is 6.61. The van der Waals surface area contributed by atoms with Crippen LogP contribution in [0.25, 0.3) is 0 Å². The van der Waals surface area contributed by atoms with E-state index in [4.69, 9.17) is 9.47 Å². The van der Waals surface area contributed by atoms with E-state index in [2.05, 4.69) is 40.7 Å². The Hall–Kier alpha value is -1.80. The van der Waals surface area contributed by atoms with Crippen LogP contribution < -0.4 is 15.4 Å². The molecule has 1 atom stereocenters. The van der Waals surface area contributed by atoms with Crippen LogP contribution in [0.3, 0.4) is 0 Å². The molecule has 0 amide bonds. The standard InChI is InChI=1S/C20H27N3O2.HI/c1-16(14-24-3)23-20(21-2)22-13-17-8-7-9-18(12-17)15-25-19-10-5-4-6-11-19;/h4-12,16H,13-15H2,1-3H3,(H2,21,22,23);1H. The molecule has 6 heteroatoms. The van der Waals surface area contributed by atoms with Crippen LogP contribution in [0.15, 0.2) is 59.6 Å². The van der Waals surface area contributed by atoms with Crippen molar-refractivity contribution in [2.24, 2.45) is 4.99 Å². The topological polar surface area (TPSA) is 54.9 Å². The molecule has 0 aliphatic carbocycles. The van der Waals surface area contributed by atoms with Crippen molar-refractivity contribution >= 4 is 29.9 Å². The van der Waals surface area contributed by atoms with Gasteiger partial charge in [-0.1, -0.05) is 42.5 Å². The molecule has 0 saturated carbocycles. The first kappa shape index (κ1) is 22.2. The summed E-state index contributed by atoms with van der Waals surface area (Å²) in [6.45, 7) is 3.93. The first-order valence-electron chi connectivity index (χ1n) is 8.43. The average molecular weight is 469 g/mol. The Morgan fingerprint density at radius 2 is 1.81 bits per heavy atom. The van der Waals surface area contributed by atoms with E-state index < -0.39 is 0 Å². The quantitative estimate of drug-likeness (QED) is 0.353. The fourth-order valence-electron chi connectivity index (χ4n) is 2.42. The molecule has 2 aromatic rings. The third kappa shape index (κ3) is 8.05. The van der Waals surface area contributed by atoms with Gasteiger partial charge >= 0.3 is 0 Å². The molecule has 5 nitrogen and oxygen atoms in total. The lowest BCUT2D eigenvalue weighted by Gasteiger charge is -2.17. The maximum absolute atomic E-state index is 5.80. The van der Waals surface area contributed by atoms with E-state index in [1.54, 1.807) is 14.2 Å². The van der Waals surface area contributed by atoms with Crippen LogP contribution in [0.1, 0.15) is 18.1 Å². The van der Waals surface area contributed by atoms with Gasteiger partial charge in [-0.05, 0) is 30.2 Å². The average Bonchev–Trinajstić information content (AvgIpc) is 2.65. The second kappa shape index (κ2) is 12.5. The number of nitrogens with zero attached hydrogens (tertiary/aromatic N) is 1. The van der Waals surface area contributed by atoms with Crippen molar-refractivity contribution in [1.29, 1.82) is 0 Å². The fraction of sp³-hybridized carbons (Fsp3) is 0.350. The lowest BCUT2D eigenvalue weighted by molar-refractivity contribution is 0.179. The highest BCUT2D eigenvalue weighted by Crippen LogP contribution is 2.12. The normalized spacial score (nSPS) is 12.0. The molecule has 0 bridgehead atoms. The van der Waals surface area contributed by atoms with E-state index >= 15 is 0 Å². The summed E-state index contributed by atoms with van der Waals surface area (Å²) in [6.07, 6.45) is 0. The van der Waals surface area contributed by atoms with Gasteiger partial charge in [0.2, 0.25) is 0 Å². The van der Waals surface area contributed by atoms with Gasteiger partial charge in [-0.25, -0.2) is 0 Å². The Morgan fingerprint density at radius 1 is 1.08 bits per heavy atom. The minimum atomic E-state index is 0. The number of benzene rings is 2. The summed E-state index contributed by atoms with van der Waals surface area (Å²) >= 11 is 0.